The number of benzene rings is 2. The Bertz CT molecular complexity index is 1080. The van der Waals surface area contributed by atoms with Gasteiger partial charge in [-0.2, -0.15) is 0 Å². The minimum Gasteiger partial charge on any atom is -0.508 e. The molecule has 5 atom stereocenters. The Morgan fingerprint density at radius 3 is 2.32 bits per heavy atom. The SMILES string of the molecule is COc1cc2[o+]c(-c3ccc(O)cc3)ccc2c(O)c1[C@@H]1O[C@H](CO)[C@@H](O)[C@H](O)[C@H]1O. The number of hydrogen-bond acceptors (Lipinski definition) is 8. The summed E-state index contributed by atoms with van der Waals surface area (Å²) in [7, 11) is 1.36. The van der Waals surface area contributed by atoms with Crippen LogP contribution in [0.25, 0.3) is 22.3 Å². The first-order valence-corrected chi connectivity index (χ1v) is 9.62. The van der Waals surface area contributed by atoms with Crippen molar-refractivity contribution in [2.45, 2.75) is 30.5 Å². The number of phenolic OH excluding ortho intramolecular Hbond substituents is 2. The lowest BCUT2D eigenvalue weighted by Gasteiger charge is -2.40. The molecule has 0 amide bonds. The zero-order chi connectivity index (χ0) is 22.3. The number of methoxy groups -OCH3 is 1. The van der Waals surface area contributed by atoms with E-state index in [1.54, 1.807) is 24.3 Å². The molecule has 0 saturated carbocycles. The standard InChI is InChI=1S/C22H22O9/c1-29-15-8-14-12(6-7-13(30-14)10-2-4-11(24)5-3-10)18(25)17(15)22-21(28)20(27)19(26)16(9-23)31-22/h2-8,16,19-23,26-28H,9H2,1H3,(H-,24,25)/p+1/t16-,19-,20+,21-,22+/m1/s1. The van der Waals surface area contributed by atoms with Gasteiger partial charge in [0.1, 0.15) is 53.2 Å². The van der Waals surface area contributed by atoms with Crippen LogP contribution >= 0.6 is 0 Å². The summed E-state index contributed by atoms with van der Waals surface area (Å²) in [5, 5.41) is 60.8. The highest BCUT2D eigenvalue weighted by molar-refractivity contribution is 5.88. The Balaban J connectivity index is 1.82. The van der Waals surface area contributed by atoms with E-state index in [1.165, 1.54) is 25.3 Å². The third-order valence-corrected chi connectivity index (χ3v) is 5.47. The lowest BCUT2D eigenvalue weighted by molar-refractivity contribution is -0.232. The van der Waals surface area contributed by atoms with E-state index < -0.39 is 37.1 Å². The van der Waals surface area contributed by atoms with E-state index in [2.05, 4.69) is 0 Å². The number of fused-ring (bicyclic) bond motifs is 1. The number of aromatic hydroxyl groups is 2. The van der Waals surface area contributed by atoms with E-state index in [4.69, 9.17) is 13.9 Å². The lowest BCUT2D eigenvalue weighted by Crippen LogP contribution is -2.55. The second kappa shape index (κ2) is 8.29. The lowest BCUT2D eigenvalue weighted by atomic mass is 9.89. The van der Waals surface area contributed by atoms with Crippen LogP contribution in [0.3, 0.4) is 0 Å². The normalized spacial score (nSPS) is 26.2. The van der Waals surface area contributed by atoms with Gasteiger partial charge in [0.05, 0.1) is 30.9 Å². The maximum atomic E-state index is 11.0. The number of rotatable bonds is 4. The molecule has 0 radical (unpaired) electrons. The molecule has 164 valence electrons. The Kier molecular flexibility index (Phi) is 5.69. The Hall–Kier alpha value is -2.95. The molecule has 2 heterocycles. The molecule has 1 saturated heterocycles. The van der Waals surface area contributed by atoms with Crippen LogP contribution in [0, 0.1) is 0 Å². The van der Waals surface area contributed by atoms with Crippen molar-refractivity contribution in [2.24, 2.45) is 0 Å². The molecule has 9 nitrogen and oxygen atoms in total. The van der Waals surface area contributed by atoms with Crippen molar-refractivity contribution in [1.82, 2.24) is 0 Å². The van der Waals surface area contributed by atoms with E-state index >= 15 is 0 Å². The van der Waals surface area contributed by atoms with Crippen molar-refractivity contribution in [1.29, 1.82) is 0 Å². The van der Waals surface area contributed by atoms with Crippen molar-refractivity contribution in [3.8, 4) is 28.6 Å². The molecule has 1 aromatic heterocycles. The first kappa shape index (κ1) is 21.3. The summed E-state index contributed by atoms with van der Waals surface area (Å²) in [5.74, 6) is 0.434. The molecule has 0 unspecified atom stereocenters. The van der Waals surface area contributed by atoms with Gasteiger partial charge in [-0.1, -0.05) is 0 Å². The summed E-state index contributed by atoms with van der Waals surface area (Å²) in [6, 6.07) is 11.2. The Morgan fingerprint density at radius 2 is 1.68 bits per heavy atom. The van der Waals surface area contributed by atoms with Gasteiger partial charge in [-0.05, 0) is 30.3 Å². The van der Waals surface area contributed by atoms with Gasteiger partial charge in [0.15, 0.2) is 0 Å². The van der Waals surface area contributed by atoms with E-state index in [0.29, 0.717) is 16.7 Å². The van der Waals surface area contributed by atoms with Gasteiger partial charge in [0, 0.05) is 6.07 Å². The molecular formula is C22H23O9+. The average Bonchev–Trinajstić information content (AvgIpc) is 2.78. The van der Waals surface area contributed by atoms with Crippen LogP contribution in [-0.2, 0) is 4.74 Å². The zero-order valence-electron chi connectivity index (χ0n) is 16.5. The maximum absolute atomic E-state index is 11.0. The van der Waals surface area contributed by atoms with Gasteiger partial charge < -0.3 is 40.1 Å². The van der Waals surface area contributed by atoms with Gasteiger partial charge in [-0.3, -0.25) is 0 Å². The molecule has 31 heavy (non-hydrogen) atoms. The van der Waals surface area contributed by atoms with Gasteiger partial charge >= 0.3 is 11.3 Å². The fourth-order valence-electron chi connectivity index (χ4n) is 3.77. The van der Waals surface area contributed by atoms with Crippen molar-refractivity contribution >= 4 is 11.0 Å². The number of ether oxygens (including phenoxy) is 2. The van der Waals surface area contributed by atoms with Crippen LogP contribution in [0.15, 0.2) is 46.9 Å². The fraction of sp³-hybridized carbons (Fsp3) is 0.318. The van der Waals surface area contributed by atoms with E-state index in [9.17, 15) is 30.6 Å². The summed E-state index contributed by atoms with van der Waals surface area (Å²) in [6.45, 7) is -0.594. The Morgan fingerprint density at radius 1 is 0.968 bits per heavy atom. The third kappa shape index (κ3) is 3.67. The fourth-order valence-corrected chi connectivity index (χ4v) is 3.77. The summed E-state index contributed by atoms with van der Waals surface area (Å²) < 4.78 is 16.9. The molecule has 1 aliphatic rings. The summed E-state index contributed by atoms with van der Waals surface area (Å²) in [5.41, 5.74) is 1.05. The number of phenols is 2. The molecule has 0 bridgehead atoms. The maximum Gasteiger partial charge on any atom is 0.368 e. The van der Waals surface area contributed by atoms with E-state index in [-0.39, 0.29) is 28.4 Å². The Labute approximate surface area is 177 Å². The number of hydrogen-bond donors (Lipinski definition) is 6. The predicted octanol–water partition coefficient (Wildman–Crippen LogP) is 1.32. The molecule has 2 aromatic carbocycles. The van der Waals surface area contributed by atoms with Crippen LogP contribution in [0.2, 0.25) is 0 Å². The zero-order valence-corrected chi connectivity index (χ0v) is 16.5. The van der Waals surface area contributed by atoms with Crippen LogP contribution in [0.5, 0.6) is 17.2 Å². The van der Waals surface area contributed by atoms with Crippen molar-refractivity contribution in [3.63, 3.8) is 0 Å². The highest BCUT2D eigenvalue weighted by Crippen LogP contribution is 2.45. The van der Waals surface area contributed by atoms with Crippen molar-refractivity contribution in [3.05, 3.63) is 48.0 Å². The minimum absolute atomic E-state index is 0.0551. The van der Waals surface area contributed by atoms with Crippen molar-refractivity contribution < 1.29 is 44.5 Å². The van der Waals surface area contributed by atoms with E-state index in [0.717, 1.165) is 0 Å². The summed E-state index contributed by atoms with van der Waals surface area (Å²) in [4.78, 5) is 0. The van der Waals surface area contributed by atoms with Crippen LogP contribution < -0.4 is 4.74 Å². The van der Waals surface area contributed by atoms with Crippen LogP contribution in [0.1, 0.15) is 11.7 Å². The molecule has 4 rings (SSSR count). The van der Waals surface area contributed by atoms with Gasteiger partial charge in [-0.15, -0.1) is 0 Å². The first-order chi connectivity index (χ1) is 14.8. The van der Waals surface area contributed by atoms with Crippen molar-refractivity contribution in [2.75, 3.05) is 13.7 Å². The molecule has 3 aromatic rings. The smallest absolute Gasteiger partial charge is 0.368 e. The molecule has 6 N–H and O–H groups in total. The summed E-state index contributed by atoms with van der Waals surface area (Å²) >= 11 is 0. The quantitative estimate of drug-likeness (QED) is 0.336. The molecule has 1 fully saturated rings. The average molecular weight is 431 g/mol. The van der Waals surface area contributed by atoms with E-state index in [1.807, 2.05) is 0 Å². The molecule has 9 heteroatoms. The second-order valence-corrected chi connectivity index (χ2v) is 7.35. The van der Waals surface area contributed by atoms with Crippen LogP contribution in [-0.4, -0.2) is 68.8 Å². The number of aliphatic hydroxyl groups excluding tert-OH is 4. The first-order valence-electron chi connectivity index (χ1n) is 9.62. The largest absolute Gasteiger partial charge is 0.508 e. The topological polar surface area (TPSA) is 151 Å². The van der Waals surface area contributed by atoms with Gasteiger partial charge in [0.2, 0.25) is 0 Å². The summed E-state index contributed by atoms with van der Waals surface area (Å²) in [6.07, 6.45) is -7.11. The highest BCUT2D eigenvalue weighted by Gasteiger charge is 2.46. The third-order valence-electron chi connectivity index (χ3n) is 5.47. The highest BCUT2D eigenvalue weighted by atomic mass is 16.5. The molecular weight excluding hydrogens is 408 g/mol. The second-order valence-electron chi connectivity index (χ2n) is 7.35. The predicted molar refractivity (Wildman–Crippen MR) is 109 cm³/mol. The van der Waals surface area contributed by atoms with Crippen LogP contribution in [0.4, 0.5) is 0 Å². The van der Waals surface area contributed by atoms with Gasteiger partial charge in [0.25, 0.3) is 0 Å². The molecule has 1 aliphatic heterocycles. The monoisotopic (exact) mass is 431 g/mol. The number of aliphatic hydroxyl groups is 4. The van der Waals surface area contributed by atoms with Gasteiger partial charge in [-0.25, -0.2) is 4.42 Å². The minimum atomic E-state index is -1.60. The molecule has 0 spiro atoms. The molecule has 0 aliphatic carbocycles.